The minimum absolute atomic E-state index is 0.190. The number of hydrogen-bond donors (Lipinski definition) is 3. The first-order valence-corrected chi connectivity index (χ1v) is 12.8. The molecule has 2 atom stereocenters. The van der Waals surface area contributed by atoms with Crippen LogP contribution in [0.2, 0.25) is 5.02 Å². The van der Waals surface area contributed by atoms with E-state index in [0.717, 1.165) is 23.8 Å². The molecule has 0 aliphatic rings. The Hall–Kier alpha value is -2.58. The van der Waals surface area contributed by atoms with E-state index in [-0.39, 0.29) is 16.5 Å². The van der Waals surface area contributed by atoms with Crippen molar-refractivity contribution in [3.63, 3.8) is 0 Å². The van der Waals surface area contributed by atoms with E-state index in [4.69, 9.17) is 21.2 Å². The second-order valence-electron chi connectivity index (χ2n) is 7.38. The molecule has 4 N–H and O–H groups in total. The highest BCUT2D eigenvalue weighted by Gasteiger charge is 2.34. The molecular weight excluding hydrogens is 499 g/mol. The largest absolute Gasteiger partial charge is 0.434 e. The average Bonchev–Trinajstić information content (AvgIpc) is 3.14. The fraction of sp³-hybridized carbons (Fsp3) is 0.263. The highest BCUT2D eigenvalue weighted by Crippen LogP contribution is 2.35. The van der Waals surface area contributed by atoms with E-state index >= 15 is 0 Å². The van der Waals surface area contributed by atoms with Gasteiger partial charge in [0.15, 0.2) is 0 Å². The molecule has 14 heteroatoms. The summed E-state index contributed by atoms with van der Waals surface area (Å²) in [5.74, 6) is -2.75. The predicted octanol–water partition coefficient (Wildman–Crippen LogP) is 2.24. The van der Waals surface area contributed by atoms with Gasteiger partial charge in [-0.2, -0.15) is 4.72 Å². The Balaban J connectivity index is 2.13. The average molecular weight is 519 g/mol. The van der Waals surface area contributed by atoms with E-state index in [1.54, 1.807) is 19.9 Å². The van der Waals surface area contributed by atoms with Crippen LogP contribution in [0, 0.1) is 19.7 Å². The first kappa shape index (κ1) is 25.1. The lowest BCUT2D eigenvalue weighted by molar-refractivity contribution is 0.376. The fourth-order valence-electron chi connectivity index (χ4n) is 3.37. The molecule has 1 heterocycles. The number of sulfonamides is 2. The molecule has 0 amide bonds. The van der Waals surface area contributed by atoms with Crippen LogP contribution in [0.3, 0.4) is 0 Å². The van der Waals surface area contributed by atoms with E-state index in [0.29, 0.717) is 5.56 Å². The SMILES string of the molecule is Cc1ccc(F)c([C@@H](C)[C@H](NS(=O)(=O)c2ccc(Cl)c(S(N)(=O)=O)c2)c2n[nH]c(=O)o2)c1C. The highest BCUT2D eigenvalue weighted by atomic mass is 35.5. The number of aromatic nitrogens is 2. The van der Waals surface area contributed by atoms with Gasteiger partial charge in [-0.3, -0.25) is 0 Å². The third-order valence-electron chi connectivity index (χ3n) is 5.21. The zero-order valence-corrected chi connectivity index (χ0v) is 20.0. The summed E-state index contributed by atoms with van der Waals surface area (Å²) in [6.45, 7) is 4.97. The van der Waals surface area contributed by atoms with Crippen molar-refractivity contribution < 1.29 is 25.6 Å². The summed E-state index contributed by atoms with van der Waals surface area (Å²) in [5.41, 5.74) is 1.53. The van der Waals surface area contributed by atoms with Crippen LogP contribution in [0.25, 0.3) is 0 Å². The maximum Gasteiger partial charge on any atom is 0.434 e. The van der Waals surface area contributed by atoms with Crippen molar-refractivity contribution in [3.05, 3.63) is 74.3 Å². The summed E-state index contributed by atoms with van der Waals surface area (Å²) in [5, 5.41) is 10.6. The quantitative estimate of drug-likeness (QED) is 0.431. The van der Waals surface area contributed by atoms with Gasteiger partial charge in [-0.15, -0.1) is 5.10 Å². The Labute approximate surface area is 194 Å². The number of nitrogens with two attached hydrogens (primary N) is 1. The number of hydrogen-bond acceptors (Lipinski definition) is 7. The van der Waals surface area contributed by atoms with Gasteiger partial charge < -0.3 is 4.42 Å². The number of aryl methyl sites for hydroxylation is 1. The molecule has 0 aliphatic carbocycles. The summed E-state index contributed by atoms with van der Waals surface area (Å²) in [6.07, 6.45) is 0. The van der Waals surface area contributed by atoms with Crippen LogP contribution in [-0.4, -0.2) is 27.0 Å². The van der Waals surface area contributed by atoms with Crippen molar-refractivity contribution in [2.24, 2.45) is 5.14 Å². The van der Waals surface area contributed by atoms with Crippen LogP contribution in [0.5, 0.6) is 0 Å². The second-order valence-corrected chi connectivity index (χ2v) is 11.0. The Morgan fingerprint density at radius 3 is 2.42 bits per heavy atom. The molecule has 2 aromatic carbocycles. The van der Waals surface area contributed by atoms with Gasteiger partial charge in [0.25, 0.3) is 0 Å². The first-order chi connectivity index (χ1) is 15.2. The minimum Gasteiger partial charge on any atom is -0.391 e. The van der Waals surface area contributed by atoms with Gasteiger partial charge in [0.05, 0.1) is 9.92 Å². The number of H-pyrrole nitrogens is 1. The van der Waals surface area contributed by atoms with Gasteiger partial charge in [-0.1, -0.05) is 24.6 Å². The van der Waals surface area contributed by atoms with Gasteiger partial charge in [0, 0.05) is 5.92 Å². The maximum atomic E-state index is 14.8. The van der Waals surface area contributed by atoms with E-state index in [2.05, 4.69) is 9.82 Å². The van der Waals surface area contributed by atoms with E-state index in [9.17, 15) is 26.0 Å². The van der Waals surface area contributed by atoms with Crippen LogP contribution < -0.4 is 15.6 Å². The molecule has 0 saturated heterocycles. The van der Waals surface area contributed by atoms with Gasteiger partial charge in [0.1, 0.15) is 16.8 Å². The van der Waals surface area contributed by atoms with Crippen LogP contribution in [0.15, 0.2) is 49.3 Å². The molecule has 0 bridgehead atoms. The minimum atomic E-state index is -4.45. The predicted molar refractivity (Wildman–Crippen MR) is 117 cm³/mol. The molecule has 0 fully saturated rings. The van der Waals surface area contributed by atoms with Crippen LogP contribution in [-0.2, 0) is 20.0 Å². The van der Waals surface area contributed by atoms with E-state index in [1.165, 1.54) is 13.0 Å². The van der Waals surface area contributed by atoms with Crippen molar-refractivity contribution in [2.75, 3.05) is 0 Å². The summed E-state index contributed by atoms with van der Waals surface area (Å²) in [7, 11) is -8.77. The Kier molecular flexibility index (Phi) is 6.82. The monoisotopic (exact) mass is 518 g/mol. The molecular formula is C19H20ClFN4O6S2. The fourth-order valence-corrected chi connectivity index (χ4v) is 5.82. The summed E-state index contributed by atoms with van der Waals surface area (Å²) in [6, 6.07) is 4.42. The highest BCUT2D eigenvalue weighted by molar-refractivity contribution is 7.90. The van der Waals surface area contributed by atoms with Gasteiger partial charge >= 0.3 is 5.76 Å². The molecule has 10 nitrogen and oxygen atoms in total. The van der Waals surface area contributed by atoms with E-state index < -0.39 is 53.4 Å². The molecule has 0 radical (unpaired) electrons. The number of rotatable bonds is 7. The second kappa shape index (κ2) is 8.99. The lowest BCUT2D eigenvalue weighted by Crippen LogP contribution is -2.33. The number of aromatic amines is 1. The molecule has 0 aliphatic heterocycles. The van der Waals surface area contributed by atoms with Gasteiger partial charge in [-0.05, 0) is 54.8 Å². The third kappa shape index (κ3) is 5.17. The number of primary sulfonamides is 1. The first-order valence-electron chi connectivity index (χ1n) is 9.38. The number of nitrogens with zero attached hydrogens (tertiary/aromatic N) is 1. The third-order valence-corrected chi connectivity index (χ3v) is 8.04. The molecule has 178 valence electrons. The van der Waals surface area contributed by atoms with E-state index in [1.807, 2.05) is 5.10 Å². The summed E-state index contributed by atoms with van der Waals surface area (Å²) < 4.78 is 71.8. The van der Waals surface area contributed by atoms with Crippen molar-refractivity contribution in [1.82, 2.24) is 14.9 Å². The molecule has 0 spiro atoms. The zero-order valence-electron chi connectivity index (χ0n) is 17.6. The van der Waals surface area contributed by atoms with Crippen LogP contribution in [0.1, 0.15) is 41.5 Å². The number of benzene rings is 2. The Morgan fingerprint density at radius 2 is 1.85 bits per heavy atom. The molecule has 3 aromatic rings. The molecule has 0 saturated carbocycles. The maximum absolute atomic E-state index is 14.8. The van der Waals surface area contributed by atoms with Crippen LogP contribution >= 0.6 is 11.6 Å². The molecule has 1 aromatic heterocycles. The van der Waals surface area contributed by atoms with Crippen molar-refractivity contribution >= 4 is 31.6 Å². The summed E-state index contributed by atoms with van der Waals surface area (Å²) in [4.78, 5) is 10.5. The molecule has 33 heavy (non-hydrogen) atoms. The smallest absolute Gasteiger partial charge is 0.391 e. The normalized spacial score (nSPS) is 14.2. The van der Waals surface area contributed by atoms with Gasteiger partial charge in [0.2, 0.25) is 25.9 Å². The molecule has 0 unspecified atom stereocenters. The number of nitrogens with one attached hydrogen (secondary N) is 2. The molecule has 3 rings (SSSR count). The standard InChI is InChI=1S/C19H20ClFN4O6S2/c1-9-4-7-14(21)16(10(9)2)11(3)17(18-23-24-19(26)31-18)25-33(29,30)12-5-6-13(20)15(8-12)32(22,27)28/h4-8,11,17,25H,1-3H3,(H,24,26)(H2,22,27,28)/t11-,17+/m1/s1. The Bertz CT molecular complexity index is 1480. The topological polar surface area (TPSA) is 165 Å². The zero-order chi connectivity index (χ0) is 24.7. The lowest BCUT2D eigenvalue weighted by Gasteiger charge is -2.25. The van der Waals surface area contributed by atoms with Crippen LogP contribution in [0.4, 0.5) is 4.39 Å². The van der Waals surface area contributed by atoms with Gasteiger partial charge in [-0.25, -0.2) is 36.3 Å². The van der Waals surface area contributed by atoms with Crippen molar-refractivity contribution in [1.29, 1.82) is 0 Å². The summed E-state index contributed by atoms with van der Waals surface area (Å²) >= 11 is 5.84. The van der Waals surface area contributed by atoms with Crippen molar-refractivity contribution in [2.45, 2.75) is 42.5 Å². The van der Waals surface area contributed by atoms with Crippen molar-refractivity contribution in [3.8, 4) is 0 Å². The lowest BCUT2D eigenvalue weighted by atomic mass is 9.88. The Morgan fingerprint density at radius 1 is 1.18 bits per heavy atom. The number of halogens is 2.